The van der Waals surface area contributed by atoms with Crippen molar-refractivity contribution in [2.24, 2.45) is 50.2 Å². The molecule has 4 nitrogen and oxygen atoms in total. The zero-order valence-electron chi connectivity index (χ0n) is 24.1. The quantitative estimate of drug-likeness (QED) is 0.311. The van der Waals surface area contributed by atoms with Crippen LogP contribution in [0.4, 0.5) is 0 Å². The van der Waals surface area contributed by atoms with E-state index < -0.39 is 11.4 Å². The van der Waals surface area contributed by atoms with Crippen LogP contribution < -0.4 is 0 Å². The summed E-state index contributed by atoms with van der Waals surface area (Å²) in [5.41, 5.74) is 1.47. The predicted octanol–water partition coefficient (Wildman–Crippen LogP) is 7.80. The summed E-state index contributed by atoms with van der Waals surface area (Å²) < 4.78 is 5.87. The number of allylic oxidation sites excluding steroid dienone is 2. The van der Waals surface area contributed by atoms with Crippen molar-refractivity contribution in [2.75, 3.05) is 0 Å². The summed E-state index contributed by atoms with van der Waals surface area (Å²) in [6.07, 6.45) is 12.6. The molecule has 0 amide bonds. The highest BCUT2D eigenvalue weighted by molar-refractivity contribution is 5.76. The highest BCUT2D eigenvalue weighted by atomic mass is 16.5. The minimum atomic E-state index is -0.595. The largest absolute Gasteiger partial charge is 0.481 e. The zero-order chi connectivity index (χ0) is 26.5. The van der Waals surface area contributed by atoms with E-state index in [9.17, 15) is 14.7 Å². The fourth-order valence-electron chi connectivity index (χ4n) is 11.3. The number of rotatable bonds is 2. The Morgan fingerprint density at radius 3 is 2.06 bits per heavy atom. The molecule has 5 aliphatic carbocycles. The molecule has 0 aromatic carbocycles. The minimum Gasteiger partial charge on any atom is -0.481 e. The summed E-state index contributed by atoms with van der Waals surface area (Å²) in [5, 5.41) is 10.6. The molecule has 0 aromatic heterocycles. The Hall–Kier alpha value is -1.32. The van der Waals surface area contributed by atoms with Crippen LogP contribution in [0.1, 0.15) is 120 Å². The van der Waals surface area contributed by atoms with Crippen LogP contribution in [0.25, 0.3) is 0 Å². The topological polar surface area (TPSA) is 63.6 Å². The lowest BCUT2D eigenvalue weighted by atomic mass is 9.34. The molecule has 0 spiro atoms. The third-order valence-corrected chi connectivity index (χ3v) is 13.0. The standard InChI is InChI=1S/C32H50O4/c1-20(33)36-25-12-15-29(6)21(28(25,4)5)9-13-30(7)22(29)10-14-31(8)23(30)11-16-32(26(34)35)18-17-27(2,3)19-24(31)32/h11,21-22,24-25H,9-10,12-19H2,1-8H3,(H,34,35)/t21-,22-,24-,25+,29-,30+,31+,32+/m0/s1. The Morgan fingerprint density at radius 1 is 0.833 bits per heavy atom. The van der Waals surface area contributed by atoms with Gasteiger partial charge in [0.25, 0.3) is 0 Å². The van der Waals surface area contributed by atoms with Crippen LogP contribution >= 0.6 is 0 Å². The molecular formula is C32H50O4. The molecule has 202 valence electrons. The van der Waals surface area contributed by atoms with Gasteiger partial charge in [0.15, 0.2) is 0 Å². The summed E-state index contributed by atoms with van der Waals surface area (Å²) >= 11 is 0. The normalized spacial score (nSPS) is 48.8. The van der Waals surface area contributed by atoms with E-state index in [0.29, 0.717) is 18.3 Å². The molecule has 5 rings (SSSR count). The highest BCUT2D eigenvalue weighted by Crippen LogP contribution is 2.75. The molecule has 0 aromatic rings. The van der Waals surface area contributed by atoms with Crippen molar-refractivity contribution in [1.29, 1.82) is 0 Å². The molecule has 4 heteroatoms. The number of carbonyl (C=O) groups is 2. The first-order valence-corrected chi connectivity index (χ1v) is 14.6. The van der Waals surface area contributed by atoms with Crippen molar-refractivity contribution in [1.82, 2.24) is 0 Å². The molecule has 0 radical (unpaired) electrons. The number of hydrogen-bond donors (Lipinski definition) is 1. The Kier molecular flexibility index (Phi) is 5.74. The molecule has 0 aliphatic heterocycles. The smallest absolute Gasteiger partial charge is 0.310 e. The number of fused-ring (bicyclic) bond motifs is 7. The van der Waals surface area contributed by atoms with Gasteiger partial charge in [0.2, 0.25) is 0 Å². The fourth-order valence-corrected chi connectivity index (χ4v) is 11.3. The third-order valence-electron chi connectivity index (χ3n) is 13.0. The average Bonchev–Trinajstić information content (AvgIpc) is 2.75. The Bertz CT molecular complexity index is 992. The summed E-state index contributed by atoms with van der Waals surface area (Å²) in [4.78, 5) is 24.7. The number of esters is 1. The van der Waals surface area contributed by atoms with Crippen LogP contribution in [-0.2, 0) is 14.3 Å². The molecule has 0 heterocycles. The molecule has 5 aliphatic rings. The van der Waals surface area contributed by atoms with E-state index >= 15 is 0 Å². The van der Waals surface area contributed by atoms with Crippen molar-refractivity contribution < 1.29 is 19.4 Å². The van der Waals surface area contributed by atoms with E-state index in [1.165, 1.54) is 6.42 Å². The second-order valence-electron chi connectivity index (χ2n) is 15.7. The SMILES string of the molecule is CC(=O)O[C@@H]1CC[C@@]2(C)[C@@H](CC[C@@]3(C)C4=CC[C@@]5(C(=O)O)CCC(C)(C)C[C@H]5[C@]4(C)CC[C@@H]23)C1(C)C. The molecule has 8 atom stereocenters. The molecule has 4 saturated carbocycles. The van der Waals surface area contributed by atoms with Crippen molar-refractivity contribution in [3.8, 4) is 0 Å². The minimum absolute atomic E-state index is 0.000775. The maximum Gasteiger partial charge on any atom is 0.310 e. The molecular weight excluding hydrogens is 448 g/mol. The van der Waals surface area contributed by atoms with Gasteiger partial charge in [-0.2, -0.15) is 0 Å². The lowest BCUT2D eigenvalue weighted by Crippen LogP contribution is -2.64. The number of ether oxygens (including phenoxy) is 1. The van der Waals surface area contributed by atoms with Crippen molar-refractivity contribution in [2.45, 2.75) is 126 Å². The third kappa shape index (κ3) is 3.37. The average molecular weight is 499 g/mol. The lowest BCUT2D eigenvalue weighted by molar-refractivity contribution is -0.200. The van der Waals surface area contributed by atoms with Gasteiger partial charge in [0.05, 0.1) is 5.41 Å². The van der Waals surface area contributed by atoms with E-state index in [4.69, 9.17) is 4.74 Å². The van der Waals surface area contributed by atoms with Crippen LogP contribution in [0, 0.1) is 50.2 Å². The highest BCUT2D eigenvalue weighted by Gasteiger charge is 2.68. The number of aliphatic carboxylic acids is 1. The molecule has 0 bridgehead atoms. The zero-order valence-corrected chi connectivity index (χ0v) is 24.1. The van der Waals surface area contributed by atoms with E-state index in [-0.39, 0.29) is 45.1 Å². The number of carboxylic acid groups (broad SMARTS) is 1. The molecule has 36 heavy (non-hydrogen) atoms. The summed E-state index contributed by atoms with van der Waals surface area (Å²) in [6.45, 7) is 18.4. The first-order chi connectivity index (χ1) is 16.5. The van der Waals surface area contributed by atoms with Crippen LogP contribution in [0.5, 0.6) is 0 Å². The van der Waals surface area contributed by atoms with Crippen LogP contribution in [0.3, 0.4) is 0 Å². The van der Waals surface area contributed by atoms with Gasteiger partial charge < -0.3 is 9.84 Å². The lowest BCUT2D eigenvalue weighted by Gasteiger charge is -2.70. The fraction of sp³-hybridized carbons (Fsp3) is 0.875. The van der Waals surface area contributed by atoms with E-state index in [0.717, 1.165) is 51.4 Å². The number of hydrogen-bond acceptors (Lipinski definition) is 3. The first-order valence-electron chi connectivity index (χ1n) is 14.6. The van der Waals surface area contributed by atoms with E-state index in [2.05, 4.69) is 54.5 Å². The summed E-state index contributed by atoms with van der Waals surface area (Å²) in [6, 6.07) is 0. The number of carbonyl (C=O) groups excluding carboxylic acids is 1. The van der Waals surface area contributed by atoms with E-state index in [1.807, 2.05) is 0 Å². The first kappa shape index (κ1) is 26.3. The monoisotopic (exact) mass is 498 g/mol. The van der Waals surface area contributed by atoms with Gasteiger partial charge in [-0.3, -0.25) is 9.59 Å². The van der Waals surface area contributed by atoms with Gasteiger partial charge in [-0.1, -0.05) is 60.1 Å². The summed E-state index contributed by atoms with van der Waals surface area (Å²) in [5.74, 6) is 0.616. The van der Waals surface area contributed by atoms with Gasteiger partial charge in [0.1, 0.15) is 6.10 Å². The molecule has 4 fully saturated rings. The van der Waals surface area contributed by atoms with Crippen molar-refractivity contribution in [3.63, 3.8) is 0 Å². The van der Waals surface area contributed by atoms with Crippen LogP contribution in [-0.4, -0.2) is 23.1 Å². The van der Waals surface area contributed by atoms with Gasteiger partial charge in [-0.05, 0) is 104 Å². The summed E-state index contributed by atoms with van der Waals surface area (Å²) in [7, 11) is 0. The Labute approximate surface area is 219 Å². The molecule has 0 saturated heterocycles. The Balaban J connectivity index is 1.54. The van der Waals surface area contributed by atoms with Gasteiger partial charge in [0, 0.05) is 12.3 Å². The van der Waals surface area contributed by atoms with Crippen LogP contribution in [0.2, 0.25) is 0 Å². The van der Waals surface area contributed by atoms with E-state index in [1.54, 1.807) is 12.5 Å². The maximum absolute atomic E-state index is 12.9. The predicted molar refractivity (Wildman–Crippen MR) is 142 cm³/mol. The second-order valence-corrected chi connectivity index (χ2v) is 15.7. The van der Waals surface area contributed by atoms with Gasteiger partial charge >= 0.3 is 11.9 Å². The molecule has 1 N–H and O–H groups in total. The molecule has 0 unspecified atom stereocenters. The van der Waals surface area contributed by atoms with Crippen molar-refractivity contribution >= 4 is 11.9 Å². The number of carboxylic acids is 1. The van der Waals surface area contributed by atoms with Crippen molar-refractivity contribution in [3.05, 3.63) is 11.6 Å². The van der Waals surface area contributed by atoms with Gasteiger partial charge in [-0.15, -0.1) is 0 Å². The van der Waals surface area contributed by atoms with Gasteiger partial charge in [-0.25, -0.2) is 0 Å². The van der Waals surface area contributed by atoms with Crippen LogP contribution in [0.15, 0.2) is 11.6 Å². The second kappa shape index (κ2) is 7.85. The Morgan fingerprint density at radius 2 is 1.44 bits per heavy atom. The maximum atomic E-state index is 12.9.